The molecule has 29 heavy (non-hydrogen) atoms. The molecule has 0 radical (unpaired) electrons. The van der Waals surface area contributed by atoms with Crippen LogP contribution in [0.15, 0.2) is 52.9 Å². The number of aromatic nitrogens is 2. The van der Waals surface area contributed by atoms with Crippen LogP contribution in [-0.4, -0.2) is 39.0 Å². The van der Waals surface area contributed by atoms with Gasteiger partial charge in [0.05, 0.1) is 10.8 Å². The summed E-state index contributed by atoms with van der Waals surface area (Å²) in [6.45, 7) is 0.934. The van der Waals surface area contributed by atoms with Crippen LogP contribution in [0.25, 0.3) is 11.5 Å². The lowest BCUT2D eigenvalue weighted by atomic mass is 9.97. The summed E-state index contributed by atoms with van der Waals surface area (Å²) in [5, 5.41) is 19.1. The van der Waals surface area contributed by atoms with E-state index in [4.69, 9.17) is 4.42 Å². The average molecular weight is 396 g/mol. The van der Waals surface area contributed by atoms with Gasteiger partial charge >= 0.3 is 0 Å². The van der Waals surface area contributed by atoms with Crippen molar-refractivity contribution in [3.8, 4) is 11.5 Å². The van der Waals surface area contributed by atoms with Crippen LogP contribution < -0.4 is 0 Å². The number of non-ortho nitro benzene ring substituents is 1. The molecule has 1 atom stereocenters. The third-order valence-electron chi connectivity index (χ3n) is 4.89. The van der Waals surface area contributed by atoms with E-state index in [9.17, 15) is 19.3 Å². The maximum absolute atomic E-state index is 13.1. The van der Waals surface area contributed by atoms with Crippen molar-refractivity contribution in [2.45, 2.75) is 18.8 Å². The number of nitro benzene ring substituents is 1. The molecule has 9 heteroatoms. The van der Waals surface area contributed by atoms with Crippen LogP contribution in [0, 0.1) is 15.9 Å². The van der Waals surface area contributed by atoms with E-state index >= 15 is 0 Å². The zero-order valence-corrected chi connectivity index (χ0v) is 15.3. The topological polar surface area (TPSA) is 102 Å². The Morgan fingerprint density at radius 1 is 1.21 bits per heavy atom. The number of nitrogens with zero attached hydrogens (tertiary/aromatic N) is 4. The first kappa shape index (κ1) is 18.7. The second kappa shape index (κ2) is 7.78. The van der Waals surface area contributed by atoms with Gasteiger partial charge in [0, 0.05) is 36.3 Å². The minimum absolute atomic E-state index is 0.120. The number of halogens is 1. The molecule has 0 spiro atoms. The first-order chi connectivity index (χ1) is 14.0. The predicted octanol–water partition coefficient (Wildman–Crippen LogP) is 3.80. The number of hydrogen-bond donors (Lipinski definition) is 0. The van der Waals surface area contributed by atoms with E-state index in [1.807, 2.05) is 0 Å². The van der Waals surface area contributed by atoms with Gasteiger partial charge in [0.15, 0.2) is 0 Å². The molecule has 0 aliphatic carbocycles. The molecular formula is C20H17FN4O4. The summed E-state index contributed by atoms with van der Waals surface area (Å²) in [6, 6.07) is 11.5. The van der Waals surface area contributed by atoms with Gasteiger partial charge in [-0.25, -0.2) is 4.39 Å². The van der Waals surface area contributed by atoms with Crippen molar-refractivity contribution in [2.24, 2.45) is 0 Å². The van der Waals surface area contributed by atoms with Crippen molar-refractivity contribution in [1.29, 1.82) is 0 Å². The third kappa shape index (κ3) is 3.98. The van der Waals surface area contributed by atoms with Crippen molar-refractivity contribution < 1.29 is 18.5 Å². The van der Waals surface area contributed by atoms with Gasteiger partial charge in [0.25, 0.3) is 11.6 Å². The monoisotopic (exact) mass is 396 g/mol. The SMILES string of the molecule is O=C(c1cccc([N+](=O)[O-])c1)N1CCCC(c2nnc(-c3ccc(F)cc3)o2)C1. The minimum atomic E-state index is -0.523. The molecule has 3 aromatic rings. The Morgan fingerprint density at radius 2 is 2.00 bits per heavy atom. The van der Waals surface area contributed by atoms with Crippen molar-refractivity contribution in [1.82, 2.24) is 15.1 Å². The zero-order valence-electron chi connectivity index (χ0n) is 15.3. The molecule has 4 rings (SSSR count). The number of rotatable bonds is 4. The molecule has 1 unspecified atom stereocenters. The highest BCUT2D eigenvalue weighted by Gasteiger charge is 2.29. The van der Waals surface area contributed by atoms with Crippen molar-refractivity contribution in [3.05, 3.63) is 75.9 Å². The van der Waals surface area contributed by atoms with E-state index in [1.54, 1.807) is 23.1 Å². The van der Waals surface area contributed by atoms with Gasteiger partial charge in [0.2, 0.25) is 11.8 Å². The highest BCUT2D eigenvalue weighted by atomic mass is 19.1. The summed E-state index contributed by atoms with van der Waals surface area (Å²) in [5.41, 5.74) is 0.771. The Labute approximate surface area is 165 Å². The molecule has 1 amide bonds. The standard InChI is InChI=1S/C20H17FN4O4/c21-16-8-6-13(7-9-16)18-22-23-19(29-18)15-4-2-10-24(12-15)20(26)14-3-1-5-17(11-14)25(27)28/h1,3,5-9,11,15H,2,4,10,12H2. The first-order valence-electron chi connectivity index (χ1n) is 9.14. The smallest absolute Gasteiger partial charge is 0.270 e. The molecule has 1 aliphatic heterocycles. The van der Waals surface area contributed by atoms with E-state index < -0.39 is 4.92 Å². The largest absolute Gasteiger partial charge is 0.420 e. The molecule has 148 valence electrons. The van der Waals surface area contributed by atoms with Crippen LogP contribution in [0.3, 0.4) is 0 Å². The number of piperidine rings is 1. The van der Waals surface area contributed by atoms with Crippen molar-refractivity contribution >= 4 is 11.6 Å². The van der Waals surface area contributed by atoms with Gasteiger partial charge in [-0.05, 0) is 43.2 Å². The van der Waals surface area contributed by atoms with Crippen LogP contribution in [0.4, 0.5) is 10.1 Å². The summed E-state index contributed by atoms with van der Waals surface area (Å²) in [5.74, 6) is -0.0381. The molecule has 2 aromatic carbocycles. The maximum atomic E-state index is 13.1. The Kier molecular flexibility index (Phi) is 5.03. The normalized spacial score (nSPS) is 16.6. The summed E-state index contributed by atoms with van der Waals surface area (Å²) in [7, 11) is 0. The Morgan fingerprint density at radius 3 is 2.76 bits per heavy atom. The van der Waals surface area contributed by atoms with Crippen molar-refractivity contribution in [3.63, 3.8) is 0 Å². The highest BCUT2D eigenvalue weighted by Crippen LogP contribution is 2.29. The van der Waals surface area contributed by atoms with Gasteiger partial charge in [-0.2, -0.15) is 0 Å². The molecule has 2 heterocycles. The second-order valence-corrected chi connectivity index (χ2v) is 6.85. The summed E-state index contributed by atoms with van der Waals surface area (Å²) in [4.78, 5) is 24.9. The molecule has 0 saturated carbocycles. The summed E-state index contributed by atoms with van der Waals surface area (Å²) in [6.07, 6.45) is 1.53. The molecule has 1 fully saturated rings. The molecule has 1 aromatic heterocycles. The number of likely N-dealkylation sites (tertiary alicyclic amines) is 1. The number of carbonyl (C=O) groups is 1. The number of hydrogen-bond acceptors (Lipinski definition) is 6. The highest BCUT2D eigenvalue weighted by molar-refractivity contribution is 5.95. The van der Waals surface area contributed by atoms with Crippen molar-refractivity contribution in [2.75, 3.05) is 13.1 Å². The van der Waals surface area contributed by atoms with E-state index in [0.717, 1.165) is 12.8 Å². The van der Waals surface area contributed by atoms with E-state index in [1.165, 1.54) is 30.3 Å². The molecular weight excluding hydrogens is 379 g/mol. The second-order valence-electron chi connectivity index (χ2n) is 6.85. The van der Waals surface area contributed by atoms with Crippen LogP contribution >= 0.6 is 0 Å². The Bertz CT molecular complexity index is 1050. The number of benzene rings is 2. The first-order valence-corrected chi connectivity index (χ1v) is 9.14. The van der Waals surface area contributed by atoms with Crippen LogP contribution in [0.2, 0.25) is 0 Å². The predicted molar refractivity (Wildman–Crippen MR) is 101 cm³/mol. The van der Waals surface area contributed by atoms with Crippen LogP contribution in [0.1, 0.15) is 35.0 Å². The van der Waals surface area contributed by atoms with Gasteiger partial charge in [-0.15, -0.1) is 10.2 Å². The number of carbonyl (C=O) groups excluding carboxylic acids is 1. The molecule has 0 N–H and O–H groups in total. The quantitative estimate of drug-likeness (QED) is 0.491. The lowest BCUT2D eigenvalue weighted by Crippen LogP contribution is -2.39. The number of amides is 1. The Balaban J connectivity index is 1.50. The molecule has 1 aliphatic rings. The number of nitro groups is 1. The summed E-state index contributed by atoms with van der Waals surface area (Å²) < 4.78 is 18.8. The lowest BCUT2D eigenvalue weighted by molar-refractivity contribution is -0.384. The van der Waals surface area contributed by atoms with Gasteiger partial charge in [0.1, 0.15) is 5.82 Å². The molecule has 0 bridgehead atoms. The molecule has 1 saturated heterocycles. The Hall–Kier alpha value is -3.62. The fourth-order valence-corrected chi connectivity index (χ4v) is 3.41. The van der Waals surface area contributed by atoms with Crippen LogP contribution in [-0.2, 0) is 0 Å². The average Bonchev–Trinajstić information content (AvgIpc) is 3.24. The molecule has 8 nitrogen and oxygen atoms in total. The fourth-order valence-electron chi connectivity index (χ4n) is 3.41. The van der Waals surface area contributed by atoms with Gasteiger partial charge < -0.3 is 9.32 Å². The zero-order chi connectivity index (χ0) is 20.4. The third-order valence-corrected chi connectivity index (χ3v) is 4.89. The minimum Gasteiger partial charge on any atom is -0.420 e. The van der Waals surface area contributed by atoms with Crippen LogP contribution in [0.5, 0.6) is 0 Å². The maximum Gasteiger partial charge on any atom is 0.270 e. The van der Waals surface area contributed by atoms with Gasteiger partial charge in [-0.1, -0.05) is 6.07 Å². The van der Waals surface area contributed by atoms with Gasteiger partial charge in [-0.3, -0.25) is 14.9 Å². The summed E-state index contributed by atoms with van der Waals surface area (Å²) >= 11 is 0. The lowest BCUT2D eigenvalue weighted by Gasteiger charge is -2.31. The van der Waals surface area contributed by atoms with E-state index in [2.05, 4.69) is 10.2 Å². The van der Waals surface area contributed by atoms with E-state index in [0.29, 0.717) is 30.4 Å². The fraction of sp³-hybridized carbons (Fsp3) is 0.250. The van der Waals surface area contributed by atoms with E-state index in [-0.39, 0.29) is 28.9 Å².